The van der Waals surface area contributed by atoms with E-state index < -0.39 is 5.41 Å². The number of thiophene rings is 1. The third-order valence-corrected chi connectivity index (χ3v) is 2.71. The quantitative estimate of drug-likeness (QED) is 0.698. The third-order valence-electron chi connectivity index (χ3n) is 2.03. The second kappa shape index (κ2) is 3.92. The highest BCUT2D eigenvalue weighted by Crippen LogP contribution is 2.26. The maximum Gasteiger partial charge on any atom is 0.316 e. The molecule has 0 atom stereocenters. The van der Waals surface area contributed by atoms with Crippen molar-refractivity contribution in [3.05, 3.63) is 22.4 Å². The monoisotopic (exact) mass is 198 g/mol. The van der Waals surface area contributed by atoms with Gasteiger partial charge in [0.15, 0.2) is 0 Å². The van der Waals surface area contributed by atoms with Crippen LogP contribution in [0.15, 0.2) is 16.8 Å². The Balaban J connectivity index is 2.82. The second-order valence-electron chi connectivity index (χ2n) is 3.36. The van der Waals surface area contributed by atoms with Crippen LogP contribution in [0.4, 0.5) is 0 Å². The van der Waals surface area contributed by atoms with E-state index in [2.05, 4.69) is 0 Å². The van der Waals surface area contributed by atoms with Gasteiger partial charge >= 0.3 is 5.97 Å². The number of ether oxygens (including phenoxy) is 1. The van der Waals surface area contributed by atoms with E-state index in [9.17, 15) is 4.79 Å². The molecule has 2 nitrogen and oxygen atoms in total. The van der Waals surface area contributed by atoms with Gasteiger partial charge in [-0.2, -0.15) is 11.3 Å². The smallest absolute Gasteiger partial charge is 0.316 e. The second-order valence-corrected chi connectivity index (χ2v) is 4.14. The Bertz CT molecular complexity index is 275. The lowest BCUT2D eigenvalue weighted by molar-refractivity contribution is -0.148. The molecular formula is C10H14O2S. The highest BCUT2D eigenvalue weighted by Gasteiger charge is 2.31. The van der Waals surface area contributed by atoms with Gasteiger partial charge in [0.05, 0.1) is 12.0 Å². The van der Waals surface area contributed by atoms with Crippen molar-refractivity contribution in [3.63, 3.8) is 0 Å². The van der Waals surface area contributed by atoms with Crippen LogP contribution < -0.4 is 0 Å². The minimum absolute atomic E-state index is 0.159. The van der Waals surface area contributed by atoms with Crippen LogP contribution in [0.25, 0.3) is 0 Å². The summed E-state index contributed by atoms with van der Waals surface area (Å²) in [7, 11) is 0. The van der Waals surface area contributed by atoms with Crippen LogP contribution in [0.1, 0.15) is 26.3 Å². The van der Waals surface area contributed by atoms with Crippen LogP contribution in [0.5, 0.6) is 0 Å². The zero-order valence-electron chi connectivity index (χ0n) is 8.16. The molecule has 0 aliphatic carbocycles. The standard InChI is InChI=1S/C10H14O2S/c1-4-12-9(11)10(2,3)8-5-6-13-7-8/h5-7H,4H2,1-3H3. The van der Waals surface area contributed by atoms with E-state index in [1.54, 1.807) is 11.3 Å². The fraction of sp³-hybridized carbons (Fsp3) is 0.500. The van der Waals surface area contributed by atoms with Crippen LogP contribution in [-0.2, 0) is 14.9 Å². The summed E-state index contributed by atoms with van der Waals surface area (Å²) in [5, 5.41) is 3.95. The molecule has 1 aromatic rings. The Hall–Kier alpha value is -0.830. The Kier molecular flexibility index (Phi) is 3.09. The van der Waals surface area contributed by atoms with Crippen molar-refractivity contribution in [2.24, 2.45) is 0 Å². The molecule has 0 amide bonds. The summed E-state index contributed by atoms with van der Waals surface area (Å²) in [5.74, 6) is -0.159. The molecule has 0 N–H and O–H groups in total. The number of carbonyl (C=O) groups excluding carboxylic acids is 1. The van der Waals surface area contributed by atoms with E-state index in [1.165, 1.54) is 0 Å². The minimum Gasteiger partial charge on any atom is -0.465 e. The van der Waals surface area contributed by atoms with E-state index >= 15 is 0 Å². The Morgan fingerprint density at radius 1 is 1.62 bits per heavy atom. The number of hydrogen-bond donors (Lipinski definition) is 0. The lowest BCUT2D eigenvalue weighted by atomic mass is 9.87. The normalized spacial score (nSPS) is 11.3. The molecule has 0 bridgehead atoms. The number of esters is 1. The third kappa shape index (κ3) is 2.10. The summed E-state index contributed by atoms with van der Waals surface area (Å²) in [4.78, 5) is 11.5. The summed E-state index contributed by atoms with van der Waals surface area (Å²) in [6.07, 6.45) is 0. The number of hydrogen-bond acceptors (Lipinski definition) is 3. The first kappa shape index (κ1) is 10.3. The molecule has 0 aliphatic heterocycles. The van der Waals surface area contributed by atoms with Crippen LogP contribution in [0.3, 0.4) is 0 Å². The Labute approximate surface area is 82.5 Å². The maximum absolute atomic E-state index is 11.5. The van der Waals surface area contributed by atoms with Gasteiger partial charge in [-0.15, -0.1) is 0 Å². The average Bonchev–Trinajstić information content (AvgIpc) is 2.56. The zero-order valence-corrected chi connectivity index (χ0v) is 8.98. The fourth-order valence-corrected chi connectivity index (χ4v) is 1.87. The molecule has 0 aliphatic rings. The molecule has 0 radical (unpaired) electrons. The molecule has 1 heterocycles. The van der Waals surface area contributed by atoms with Gasteiger partial charge in [-0.3, -0.25) is 4.79 Å². The van der Waals surface area contributed by atoms with Gasteiger partial charge in [0.1, 0.15) is 0 Å². The highest BCUT2D eigenvalue weighted by atomic mass is 32.1. The lowest BCUT2D eigenvalue weighted by Crippen LogP contribution is -2.30. The van der Waals surface area contributed by atoms with Crippen LogP contribution in [0.2, 0.25) is 0 Å². The summed E-state index contributed by atoms with van der Waals surface area (Å²) in [6, 6.07) is 1.96. The first-order valence-electron chi connectivity index (χ1n) is 4.29. The lowest BCUT2D eigenvalue weighted by Gasteiger charge is -2.20. The van der Waals surface area contributed by atoms with Crippen molar-refractivity contribution >= 4 is 17.3 Å². The summed E-state index contributed by atoms with van der Waals surface area (Å²) < 4.78 is 5.00. The van der Waals surface area contributed by atoms with Crippen molar-refractivity contribution < 1.29 is 9.53 Å². The van der Waals surface area contributed by atoms with Gasteiger partial charge in [-0.1, -0.05) is 0 Å². The van der Waals surface area contributed by atoms with Crippen LogP contribution >= 0.6 is 11.3 Å². The predicted octanol–water partition coefficient (Wildman–Crippen LogP) is 2.59. The molecule has 13 heavy (non-hydrogen) atoms. The number of rotatable bonds is 3. The SMILES string of the molecule is CCOC(=O)C(C)(C)c1ccsc1. The summed E-state index contributed by atoms with van der Waals surface area (Å²) in [6.45, 7) is 6.02. The fourth-order valence-electron chi connectivity index (χ4n) is 1.05. The van der Waals surface area contributed by atoms with E-state index in [1.807, 2.05) is 37.6 Å². The van der Waals surface area contributed by atoms with E-state index in [0.29, 0.717) is 6.61 Å². The summed E-state index contributed by atoms with van der Waals surface area (Å²) >= 11 is 1.59. The summed E-state index contributed by atoms with van der Waals surface area (Å²) in [5.41, 5.74) is 0.506. The molecule has 1 aromatic heterocycles. The molecular weight excluding hydrogens is 184 g/mol. The minimum atomic E-state index is -0.518. The van der Waals surface area contributed by atoms with Crippen molar-refractivity contribution in [1.29, 1.82) is 0 Å². The molecule has 0 spiro atoms. The first-order valence-corrected chi connectivity index (χ1v) is 5.23. The van der Waals surface area contributed by atoms with E-state index in [4.69, 9.17) is 4.74 Å². The molecule has 3 heteroatoms. The Morgan fingerprint density at radius 3 is 2.77 bits per heavy atom. The van der Waals surface area contributed by atoms with Crippen LogP contribution in [-0.4, -0.2) is 12.6 Å². The molecule has 0 aromatic carbocycles. The average molecular weight is 198 g/mol. The molecule has 0 unspecified atom stereocenters. The van der Waals surface area contributed by atoms with E-state index in [-0.39, 0.29) is 5.97 Å². The molecule has 0 saturated carbocycles. The van der Waals surface area contributed by atoms with Crippen molar-refractivity contribution in [2.75, 3.05) is 6.61 Å². The molecule has 1 rings (SSSR count). The van der Waals surface area contributed by atoms with Crippen molar-refractivity contribution in [1.82, 2.24) is 0 Å². The van der Waals surface area contributed by atoms with Gasteiger partial charge in [0.2, 0.25) is 0 Å². The Morgan fingerprint density at radius 2 is 2.31 bits per heavy atom. The zero-order chi connectivity index (χ0) is 9.90. The highest BCUT2D eigenvalue weighted by molar-refractivity contribution is 7.08. The maximum atomic E-state index is 11.5. The number of carbonyl (C=O) groups is 1. The van der Waals surface area contributed by atoms with Gasteiger partial charge in [0, 0.05) is 0 Å². The van der Waals surface area contributed by atoms with Gasteiger partial charge in [-0.05, 0) is 43.2 Å². The van der Waals surface area contributed by atoms with Gasteiger partial charge in [-0.25, -0.2) is 0 Å². The molecule has 72 valence electrons. The largest absolute Gasteiger partial charge is 0.465 e. The van der Waals surface area contributed by atoms with Gasteiger partial charge in [0.25, 0.3) is 0 Å². The predicted molar refractivity (Wildman–Crippen MR) is 54.0 cm³/mol. The van der Waals surface area contributed by atoms with Crippen molar-refractivity contribution in [2.45, 2.75) is 26.2 Å². The topological polar surface area (TPSA) is 26.3 Å². The van der Waals surface area contributed by atoms with Gasteiger partial charge < -0.3 is 4.74 Å². The van der Waals surface area contributed by atoms with E-state index in [0.717, 1.165) is 5.56 Å². The first-order chi connectivity index (χ1) is 6.09. The molecule has 0 saturated heterocycles. The van der Waals surface area contributed by atoms with Crippen molar-refractivity contribution in [3.8, 4) is 0 Å². The molecule has 0 fully saturated rings. The van der Waals surface area contributed by atoms with Crippen LogP contribution in [0, 0.1) is 0 Å².